The van der Waals surface area contributed by atoms with Crippen LogP contribution in [0, 0.1) is 35.5 Å². The highest BCUT2D eigenvalue weighted by Gasteiger charge is 2.70. The van der Waals surface area contributed by atoms with Crippen molar-refractivity contribution in [2.45, 2.75) is 49.4 Å². The van der Waals surface area contributed by atoms with Crippen LogP contribution in [0.25, 0.3) is 0 Å². The fourth-order valence-corrected chi connectivity index (χ4v) is 11.4. The number of nitrogens with zero attached hydrogens (tertiary/aromatic N) is 2. The summed E-state index contributed by atoms with van der Waals surface area (Å²) in [6, 6.07) is 4.42. The molecule has 0 radical (unpaired) electrons. The molecule has 8 atom stereocenters. The molecule has 46 heavy (non-hydrogen) atoms. The second-order valence-corrected chi connectivity index (χ2v) is 15.2. The second kappa shape index (κ2) is 12.0. The number of amides is 3. The van der Waals surface area contributed by atoms with Crippen molar-refractivity contribution >= 4 is 46.8 Å². The number of hydrogen-bond donors (Lipinski definition) is 2. The highest BCUT2D eigenvalue weighted by molar-refractivity contribution is 8.00. The molecule has 2 N–H and O–H groups in total. The molecular weight excluding hydrogens is 634 g/mol. The van der Waals surface area contributed by atoms with Crippen LogP contribution in [-0.4, -0.2) is 94.4 Å². The van der Waals surface area contributed by atoms with Gasteiger partial charge in [0, 0.05) is 29.1 Å². The van der Waals surface area contributed by atoms with Gasteiger partial charge in [-0.1, -0.05) is 31.3 Å². The molecule has 7 rings (SSSR count). The predicted molar refractivity (Wildman–Crippen MR) is 167 cm³/mol. The Bertz CT molecular complexity index is 1630. The number of carboxylic acid groups (broad SMARTS) is 1. The van der Waals surface area contributed by atoms with Gasteiger partial charge in [0.05, 0.1) is 36.7 Å². The van der Waals surface area contributed by atoms with Gasteiger partial charge in [-0.05, 0) is 54.7 Å². The van der Waals surface area contributed by atoms with E-state index in [-0.39, 0.29) is 58.1 Å². The number of imide groups is 1. The number of carbonyl (C=O) groups excluding carboxylic acids is 3. The average Bonchev–Trinajstić information content (AvgIpc) is 3.76. The number of likely N-dealkylation sites (tertiary alicyclic amines) is 1. The van der Waals surface area contributed by atoms with Gasteiger partial charge in [0.2, 0.25) is 11.8 Å². The summed E-state index contributed by atoms with van der Waals surface area (Å²) in [6.07, 6.45) is 0.696. The standard InChI is InChI=1S/C32H37N3O9S2/c1-4-43-19-11-15(5-6-18(19)44-13-20(36)34-7-9-42-10-8-34)21-22-16-12-17(26(22)45-28-27(21)46-32(41)33-28)24-23(16)29(37)35(30(24)38)25(14(2)3)31(39)40/h5-6,11,14,16-17,21-26H,4,7-10,12-13H2,1-3H3,(H,33,41)(H,39,40)/t16?,17?,21-,22?,23?,24?,25?,26?/m1/s1. The molecule has 3 amide bonds. The van der Waals surface area contributed by atoms with Crippen LogP contribution in [0.1, 0.15) is 43.6 Å². The Morgan fingerprint density at radius 3 is 2.46 bits per heavy atom. The molecule has 1 aromatic carbocycles. The Labute approximate surface area is 273 Å². The topological polar surface area (TPSA) is 156 Å². The number of rotatable bonds is 9. The van der Waals surface area contributed by atoms with E-state index in [1.165, 1.54) is 0 Å². The van der Waals surface area contributed by atoms with Crippen molar-refractivity contribution in [3.05, 3.63) is 38.3 Å². The number of aromatic amines is 1. The minimum Gasteiger partial charge on any atom is -0.490 e. The lowest BCUT2D eigenvalue weighted by Crippen LogP contribution is -2.49. The lowest BCUT2D eigenvalue weighted by molar-refractivity contribution is -0.157. The normalized spacial score (nSPS) is 30.3. The van der Waals surface area contributed by atoms with E-state index >= 15 is 0 Å². The molecule has 5 aliphatic rings. The smallest absolute Gasteiger partial charge is 0.327 e. The molecular formula is C32H37N3O9S2. The van der Waals surface area contributed by atoms with Crippen molar-refractivity contribution in [1.29, 1.82) is 0 Å². The van der Waals surface area contributed by atoms with Gasteiger partial charge in [0.1, 0.15) is 6.04 Å². The van der Waals surface area contributed by atoms with Crippen LogP contribution in [0.2, 0.25) is 0 Å². The zero-order valence-electron chi connectivity index (χ0n) is 25.8. The van der Waals surface area contributed by atoms with E-state index in [2.05, 4.69) is 4.98 Å². The summed E-state index contributed by atoms with van der Waals surface area (Å²) < 4.78 is 17.3. The van der Waals surface area contributed by atoms with E-state index in [1.807, 2.05) is 19.1 Å². The molecule has 2 aromatic rings. The number of benzene rings is 1. The lowest BCUT2D eigenvalue weighted by atomic mass is 9.68. The third-order valence-electron chi connectivity index (χ3n) is 10.3. The minimum atomic E-state index is -1.20. The Morgan fingerprint density at radius 1 is 1.07 bits per heavy atom. The van der Waals surface area contributed by atoms with Gasteiger partial charge in [0.15, 0.2) is 18.1 Å². The van der Waals surface area contributed by atoms with E-state index < -0.39 is 29.8 Å². The first-order chi connectivity index (χ1) is 22.1. The van der Waals surface area contributed by atoms with Crippen molar-refractivity contribution in [3.63, 3.8) is 0 Å². The third-order valence-corrected chi connectivity index (χ3v) is 12.9. The summed E-state index contributed by atoms with van der Waals surface area (Å²) in [5.41, 5.74) is 0.894. The maximum Gasteiger partial charge on any atom is 0.327 e. The molecule has 12 nitrogen and oxygen atoms in total. The van der Waals surface area contributed by atoms with Crippen molar-refractivity contribution in [2.75, 3.05) is 39.5 Å². The monoisotopic (exact) mass is 671 g/mol. The number of thiazole rings is 1. The zero-order chi connectivity index (χ0) is 32.4. The summed E-state index contributed by atoms with van der Waals surface area (Å²) in [7, 11) is 0. The number of aliphatic carboxylic acids is 1. The number of carboxylic acids is 1. The van der Waals surface area contributed by atoms with E-state index in [4.69, 9.17) is 14.2 Å². The summed E-state index contributed by atoms with van der Waals surface area (Å²) in [4.78, 5) is 71.8. The van der Waals surface area contributed by atoms with Crippen molar-refractivity contribution in [1.82, 2.24) is 14.8 Å². The first kappa shape index (κ1) is 31.3. The maximum absolute atomic E-state index is 13.9. The summed E-state index contributed by atoms with van der Waals surface area (Å²) in [6.45, 7) is 7.56. The molecule has 4 fully saturated rings. The van der Waals surface area contributed by atoms with Crippen LogP contribution in [0.4, 0.5) is 0 Å². The minimum absolute atomic E-state index is 0.0364. The van der Waals surface area contributed by atoms with Crippen LogP contribution in [0.5, 0.6) is 11.5 Å². The van der Waals surface area contributed by atoms with Gasteiger partial charge in [-0.2, -0.15) is 0 Å². The average molecular weight is 672 g/mol. The Balaban J connectivity index is 1.22. The lowest BCUT2D eigenvalue weighted by Gasteiger charge is -2.43. The van der Waals surface area contributed by atoms with Crippen molar-refractivity contribution in [2.24, 2.45) is 35.5 Å². The molecule has 3 aliphatic heterocycles. The largest absolute Gasteiger partial charge is 0.490 e. The van der Waals surface area contributed by atoms with Gasteiger partial charge in [-0.15, -0.1) is 11.8 Å². The molecule has 0 spiro atoms. The number of carbonyl (C=O) groups is 4. The molecule has 1 aromatic heterocycles. The highest BCUT2D eigenvalue weighted by Crippen LogP contribution is 2.68. The number of ether oxygens (including phenoxy) is 3. The highest BCUT2D eigenvalue weighted by atomic mass is 32.2. The number of nitrogens with one attached hydrogen (secondary N) is 1. The number of thioether (sulfide) groups is 1. The summed E-state index contributed by atoms with van der Waals surface area (Å²) in [5.74, 6) is -3.30. The Morgan fingerprint density at radius 2 is 1.78 bits per heavy atom. The van der Waals surface area contributed by atoms with E-state index in [1.54, 1.807) is 36.6 Å². The summed E-state index contributed by atoms with van der Waals surface area (Å²) in [5, 5.41) is 10.7. The number of fused-ring (bicyclic) bond motifs is 9. The van der Waals surface area contributed by atoms with Crippen molar-refractivity contribution in [3.8, 4) is 11.5 Å². The van der Waals surface area contributed by atoms with E-state index in [9.17, 15) is 29.1 Å². The van der Waals surface area contributed by atoms with Gasteiger partial charge in [-0.25, -0.2) is 4.79 Å². The SMILES string of the molecule is CCOc1cc([C@H]2c3sc(=O)[nH]c3SC3C4CC(C5C(=O)N(C(C(=O)O)C(C)C)C(=O)C45)C32)ccc1OCC(=O)N1CCOCC1. The van der Waals surface area contributed by atoms with E-state index in [0.29, 0.717) is 50.8 Å². The molecule has 2 saturated carbocycles. The molecule has 4 heterocycles. The fourth-order valence-electron chi connectivity index (χ4n) is 8.53. The van der Waals surface area contributed by atoms with Gasteiger partial charge in [0.25, 0.3) is 5.91 Å². The van der Waals surface area contributed by atoms with Gasteiger partial charge in [-0.3, -0.25) is 24.1 Å². The fraction of sp³-hybridized carbons (Fsp3) is 0.594. The summed E-state index contributed by atoms with van der Waals surface area (Å²) >= 11 is 2.73. The Kier molecular flexibility index (Phi) is 8.17. The zero-order valence-corrected chi connectivity index (χ0v) is 27.4. The van der Waals surface area contributed by atoms with Gasteiger partial charge < -0.3 is 29.2 Å². The number of morpholine rings is 1. The molecule has 7 unspecified atom stereocenters. The first-order valence-corrected chi connectivity index (χ1v) is 17.5. The van der Waals surface area contributed by atoms with Crippen LogP contribution in [0.15, 0.2) is 28.0 Å². The molecule has 246 valence electrons. The molecule has 2 aliphatic carbocycles. The number of aromatic nitrogens is 1. The number of H-pyrrole nitrogens is 1. The van der Waals surface area contributed by atoms with Crippen LogP contribution >= 0.6 is 23.1 Å². The maximum atomic E-state index is 13.9. The number of hydrogen-bond acceptors (Lipinski definition) is 10. The molecule has 2 saturated heterocycles. The van der Waals surface area contributed by atoms with Crippen LogP contribution < -0.4 is 14.3 Å². The molecule has 2 bridgehead atoms. The van der Waals surface area contributed by atoms with Crippen LogP contribution in [0.3, 0.4) is 0 Å². The third kappa shape index (κ3) is 4.94. The van der Waals surface area contributed by atoms with E-state index in [0.717, 1.165) is 31.7 Å². The van der Waals surface area contributed by atoms with Crippen molar-refractivity contribution < 1.29 is 38.5 Å². The quantitative estimate of drug-likeness (QED) is 0.380. The Hall–Kier alpha value is -3.36. The predicted octanol–water partition coefficient (Wildman–Crippen LogP) is 2.66. The first-order valence-electron chi connectivity index (χ1n) is 15.8. The molecule has 14 heteroatoms. The second-order valence-electron chi connectivity index (χ2n) is 13.0. The van der Waals surface area contributed by atoms with Crippen LogP contribution in [-0.2, 0) is 23.9 Å². The van der Waals surface area contributed by atoms with Gasteiger partial charge >= 0.3 is 10.8 Å².